The van der Waals surface area contributed by atoms with Crippen LogP contribution in [-0.4, -0.2) is 60.7 Å². The fourth-order valence-electron chi connectivity index (χ4n) is 6.58. The van der Waals surface area contributed by atoms with Crippen LogP contribution in [0.1, 0.15) is 79.8 Å². The summed E-state index contributed by atoms with van der Waals surface area (Å²) in [5, 5.41) is -0.0846. The monoisotopic (exact) mass is 666 g/mol. The molecule has 1 fully saturated rings. The third kappa shape index (κ3) is 8.98. The van der Waals surface area contributed by atoms with Crippen LogP contribution in [0.15, 0.2) is 47.4 Å². The molecule has 47 heavy (non-hydrogen) atoms. The molecule has 254 valence electrons. The molecule has 0 aliphatic carbocycles. The summed E-state index contributed by atoms with van der Waals surface area (Å²) in [6.07, 6.45) is 2.84. The highest BCUT2D eigenvalue weighted by atomic mass is 35.5. The van der Waals surface area contributed by atoms with Gasteiger partial charge < -0.3 is 14.0 Å². The van der Waals surface area contributed by atoms with Crippen LogP contribution in [0.4, 0.5) is 4.39 Å². The number of carbonyl (C=O) groups is 2. The summed E-state index contributed by atoms with van der Waals surface area (Å²) in [4.78, 5) is 42.9. The van der Waals surface area contributed by atoms with Crippen LogP contribution in [0, 0.1) is 32.5 Å². The van der Waals surface area contributed by atoms with Crippen molar-refractivity contribution in [1.29, 1.82) is 0 Å². The molecule has 0 N–H and O–H groups in total. The minimum Gasteiger partial charge on any atom is -0.466 e. The molecule has 4 rings (SSSR count). The predicted molar refractivity (Wildman–Crippen MR) is 185 cm³/mol. The van der Waals surface area contributed by atoms with E-state index in [0.29, 0.717) is 12.0 Å². The number of esters is 1. The molecule has 0 saturated carbocycles. The van der Waals surface area contributed by atoms with Crippen LogP contribution in [0.2, 0.25) is 5.02 Å². The van der Waals surface area contributed by atoms with Crippen molar-refractivity contribution in [2.75, 3.05) is 33.4 Å². The second-order valence-corrected chi connectivity index (χ2v) is 13.7. The highest BCUT2D eigenvalue weighted by molar-refractivity contribution is 6.31. The normalized spacial score (nSPS) is 15.0. The predicted octanol–water partition coefficient (Wildman–Crippen LogP) is 7.39. The third-order valence-electron chi connectivity index (χ3n) is 9.18. The Morgan fingerprint density at radius 3 is 2.34 bits per heavy atom. The molecule has 0 bridgehead atoms. The van der Waals surface area contributed by atoms with Gasteiger partial charge in [-0.3, -0.25) is 19.3 Å². The maximum absolute atomic E-state index is 15.9. The number of carbonyl (C=O) groups excluding carboxylic acids is 2. The number of pyridine rings is 1. The molecule has 0 amide bonds. The van der Waals surface area contributed by atoms with Crippen LogP contribution in [0.3, 0.4) is 0 Å². The van der Waals surface area contributed by atoms with E-state index < -0.39 is 23.7 Å². The minimum absolute atomic E-state index is 0.0846. The fourth-order valence-corrected chi connectivity index (χ4v) is 6.81. The maximum Gasteiger partial charge on any atom is 0.306 e. The summed E-state index contributed by atoms with van der Waals surface area (Å²) in [5.74, 6) is -2.20. The smallest absolute Gasteiger partial charge is 0.306 e. The van der Waals surface area contributed by atoms with Crippen LogP contribution < -0.4 is 5.56 Å². The van der Waals surface area contributed by atoms with Gasteiger partial charge in [-0.05, 0) is 97.5 Å². The summed E-state index contributed by atoms with van der Waals surface area (Å²) in [6, 6.07) is 10.00. The Balaban J connectivity index is 1.71. The van der Waals surface area contributed by atoms with Gasteiger partial charge in [-0.2, -0.15) is 0 Å². The van der Waals surface area contributed by atoms with Crippen molar-refractivity contribution in [3.05, 3.63) is 91.6 Å². The number of hydrogen-bond donors (Lipinski definition) is 0. The first-order valence-corrected chi connectivity index (χ1v) is 16.9. The molecule has 1 aromatic heterocycles. The first kappa shape index (κ1) is 36.5. The molecule has 3 aromatic rings. The third-order valence-corrected chi connectivity index (χ3v) is 9.46. The minimum atomic E-state index is -0.848. The molecular weight excluding hydrogens is 619 g/mol. The number of likely N-dealkylation sites (tertiary alicyclic amines) is 1. The fraction of sp³-hybridized carbons (Fsp3) is 0.500. The molecule has 1 unspecified atom stereocenters. The van der Waals surface area contributed by atoms with Crippen molar-refractivity contribution in [1.82, 2.24) is 9.47 Å². The van der Waals surface area contributed by atoms with E-state index in [0.717, 1.165) is 53.9 Å². The van der Waals surface area contributed by atoms with Gasteiger partial charge in [-0.15, -0.1) is 0 Å². The second-order valence-electron chi connectivity index (χ2n) is 13.2. The van der Waals surface area contributed by atoms with Crippen LogP contribution >= 0.6 is 11.6 Å². The van der Waals surface area contributed by atoms with Gasteiger partial charge in [-0.1, -0.05) is 43.6 Å². The van der Waals surface area contributed by atoms with Crippen molar-refractivity contribution in [3.8, 4) is 11.1 Å². The number of ketones is 1. The first-order valence-electron chi connectivity index (χ1n) is 16.5. The number of nitrogens with zero attached hydrogens (tertiary/aromatic N) is 2. The van der Waals surface area contributed by atoms with Gasteiger partial charge in [0.05, 0.1) is 30.2 Å². The van der Waals surface area contributed by atoms with Gasteiger partial charge in [0.1, 0.15) is 5.82 Å². The van der Waals surface area contributed by atoms with Crippen LogP contribution in [0.5, 0.6) is 0 Å². The summed E-state index contributed by atoms with van der Waals surface area (Å²) in [6.45, 7) is 14.3. The van der Waals surface area contributed by atoms with E-state index in [-0.39, 0.29) is 53.4 Å². The molecule has 0 radical (unpaired) electrons. The van der Waals surface area contributed by atoms with E-state index in [1.54, 1.807) is 32.2 Å². The van der Waals surface area contributed by atoms with E-state index in [4.69, 9.17) is 21.1 Å². The Bertz CT molecular complexity index is 1630. The van der Waals surface area contributed by atoms with E-state index in [1.807, 2.05) is 59.0 Å². The van der Waals surface area contributed by atoms with Crippen molar-refractivity contribution in [3.63, 3.8) is 0 Å². The zero-order valence-electron chi connectivity index (χ0n) is 28.7. The molecule has 1 aliphatic heterocycles. The number of halogens is 2. The van der Waals surface area contributed by atoms with Crippen molar-refractivity contribution in [2.24, 2.45) is 5.92 Å². The first-order chi connectivity index (χ1) is 22.3. The lowest BCUT2D eigenvalue weighted by molar-refractivity contribution is -0.143. The number of methoxy groups -OCH3 is 1. The Labute approximate surface area is 283 Å². The van der Waals surface area contributed by atoms with Crippen LogP contribution in [-0.2, 0) is 25.5 Å². The van der Waals surface area contributed by atoms with Crippen molar-refractivity contribution >= 4 is 23.4 Å². The van der Waals surface area contributed by atoms with Gasteiger partial charge in [0, 0.05) is 51.3 Å². The number of Topliss-reactive ketones (excluding diaryl/α,β-unsaturated/α-hetero) is 1. The SMILES string of the molecule is CCOC(=O)C[C@H](CC(=O)C(CC(C)C)n1cc(CCN2CC(OC)C2)c(C)cc1=O)c1cc(-c2c(C)cccc2C)cc(Cl)c1F. The molecule has 2 aromatic carbocycles. The van der Waals surface area contributed by atoms with E-state index >= 15 is 4.39 Å². The number of aryl methyl sites for hydroxylation is 3. The maximum atomic E-state index is 15.9. The topological polar surface area (TPSA) is 77.8 Å². The Hall–Kier alpha value is -3.33. The number of aromatic nitrogens is 1. The lowest BCUT2D eigenvalue weighted by Crippen LogP contribution is -2.52. The molecule has 1 saturated heterocycles. The van der Waals surface area contributed by atoms with Crippen LogP contribution in [0.25, 0.3) is 11.1 Å². The second kappa shape index (κ2) is 16.2. The van der Waals surface area contributed by atoms with Gasteiger partial charge in [-0.25, -0.2) is 4.39 Å². The largest absolute Gasteiger partial charge is 0.466 e. The molecule has 1 aliphatic rings. The number of ether oxygens (including phenoxy) is 2. The average Bonchev–Trinajstić information content (AvgIpc) is 2.97. The summed E-state index contributed by atoms with van der Waals surface area (Å²) in [5.41, 5.74) is 5.42. The number of hydrogen-bond acceptors (Lipinski definition) is 6. The molecule has 9 heteroatoms. The van der Waals surface area contributed by atoms with Crippen molar-refractivity contribution in [2.45, 2.75) is 85.3 Å². The Morgan fingerprint density at radius 2 is 1.72 bits per heavy atom. The Morgan fingerprint density at radius 1 is 1.04 bits per heavy atom. The number of rotatable bonds is 15. The van der Waals surface area contributed by atoms with Gasteiger partial charge >= 0.3 is 5.97 Å². The van der Waals surface area contributed by atoms with Gasteiger partial charge in [0.25, 0.3) is 5.56 Å². The molecule has 2 atom stereocenters. The van der Waals surface area contributed by atoms with E-state index in [9.17, 15) is 14.4 Å². The molecule has 7 nitrogen and oxygen atoms in total. The highest BCUT2D eigenvalue weighted by Gasteiger charge is 2.31. The zero-order valence-corrected chi connectivity index (χ0v) is 29.5. The molecular formula is C38H48ClFN2O5. The molecule has 2 heterocycles. The zero-order chi connectivity index (χ0) is 34.4. The highest BCUT2D eigenvalue weighted by Crippen LogP contribution is 2.38. The lowest BCUT2D eigenvalue weighted by Gasteiger charge is -2.38. The quantitative estimate of drug-likeness (QED) is 0.158. The average molecular weight is 667 g/mol. The van der Waals surface area contributed by atoms with E-state index in [1.165, 1.54) is 4.57 Å². The summed E-state index contributed by atoms with van der Waals surface area (Å²) in [7, 11) is 1.72. The Kier molecular flexibility index (Phi) is 12.6. The van der Waals surface area contributed by atoms with E-state index in [2.05, 4.69) is 4.90 Å². The number of benzene rings is 2. The van der Waals surface area contributed by atoms with Gasteiger partial charge in [0.2, 0.25) is 0 Å². The standard InChI is InChI=1S/C38H48ClFN2O5/c1-8-47-36(45)19-28(31-16-29(17-32(39)38(31)40)37-24(4)10-9-11-25(37)5)18-34(43)33(14-23(2)3)42-20-27(26(6)15-35(42)44)12-13-41-21-30(22-41)46-7/h9-11,15-17,20,23,28,30,33H,8,12-14,18-19,21-22H2,1-7H3/t28-,33?/m0/s1. The summed E-state index contributed by atoms with van der Waals surface area (Å²) >= 11 is 6.48. The lowest BCUT2D eigenvalue weighted by atomic mass is 9.84. The molecule has 0 spiro atoms. The summed E-state index contributed by atoms with van der Waals surface area (Å²) < 4.78 is 28.1. The van der Waals surface area contributed by atoms with Gasteiger partial charge in [0.15, 0.2) is 5.78 Å². The van der Waals surface area contributed by atoms with Crippen molar-refractivity contribution < 1.29 is 23.5 Å².